The van der Waals surface area contributed by atoms with Gasteiger partial charge in [-0.2, -0.15) is 5.26 Å². The summed E-state index contributed by atoms with van der Waals surface area (Å²) in [4.78, 5) is 13.9. The Kier molecular flexibility index (Phi) is 5.22. The Hall–Kier alpha value is -2.55. The average Bonchev–Trinajstić information content (AvgIpc) is 2.94. The van der Waals surface area contributed by atoms with Gasteiger partial charge in [-0.15, -0.1) is 12.3 Å². The van der Waals surface area contributed by atoms with Gasteiger partial charge in [-0.3, -0.25) is 0 Å². The lowest BCUT2D eigenvalue weighted by Crippen LogP contribution is -2.01. The molecule has 2 N–H and O–H groups in total. The molecule has 0 radical (unpaired) electrons. The second-order valence-corrected chi connectivity index (χ2v) is 7.04. The van der Waals surface area contributed by atoms with Crippen molar-refractivity contribution in [3.8, 4) is 18.4 Å². The molecule has 2 aromatic heterocycles. The topological polar surface area (TPSA) is 93.4 Å². The van der Waals surface area contributed by atoms with Crippen LogP contribution in [0.25, 0.3) is 11.2 Å². The van der Waals surface area contributed by atoms with Crippen LogP contribution < -0.4 is 5.73 Å². The maximum atomic E-state index is 9.04. The van der Waals surface area contributed by atoms with Crippen LogP contribution in [0.3, 0.4) is 0 Å². The van der Waals surface area contributed by atoms with Crippen LogP contribution in [0.2, 0.25) is 0 Å². The summed E-state index contributed by atoms with van der Waals surface area (Å²) < 4.78 is 2.75. The van der Waals surface area contributed by atoms with Crippen molar-refractivity contribution in [3.63, 3.8) is 0 Å². The van der Waals surface area contributed by atoms with Crippen LogP contribution in [0.1, 0.15) is 18.4 Å². The number of benzene rings is 1. The summed E-state index contributed by atoms with van der Waals surface area (Å²) in [6, 6.07) is 7.68. The number of halogens is 1. The number of terminal acetylenes is 1. The van der Waals surface area contributed by atoms with E-state index in [9.17, 15) is 0 Å². The lowest BCUT2D eigenvalue weighted by Gasteiger charge is -2.07. The van der Waals surface area contributed by atoms with Crippen LogP contribution in [-0.2, 0) is 6.54 Å². The molecule has 0 aliphatic rings. The highest BCUT2D eigenvalue weighted by molar-refractivity contribution is 9.10. The Morgan fingerprint density at radius 1 is 1.36 bits per heavy atom. The third-order valence-corrected chi connectivity index (χ3v) is 5.14. The maximum Gasteiger partial charge on any atom is 0.175 e. The lowest BCUT2D eigenvalue weighted by molar-refractivity contribution is 0.615. The van der Waals surface area contributed by atoms with Crippen molar-refractivity contribution in [1.82, 2.24) is 19.5 Å². The van der Waals surface area contributed by atoms with Gasteiger partial charge in [0, 0.05) is 22.3 Å². The van der Waals surface area contributed by atoms with Gasteiger partial charge in [0.05, 0.1) is 5.56 Å². The SMILES string of the molecule is C#CCCCn1c(Sc2ccc(C#N)c(Br)c2)nc2c(N)ncnc21. The van der Waals surface area contributed by atoms with Crippen molar-refractivity contribution in [3.05, 3.63) is 34.6 Å². The first kappa shape index (κ1) is 17.3. The summed E-state index contributed by atoms with van der Waals surface area (Å²) in [5, 5.41) is 9.80. The van der Waals surface area contributed by atoms with E-state index in [0.29, 0.717) is 35.5 Å². The Morgan fingerprint density at radius 2 is 2.20 bits per heavy atom. The van der Waals surface area contributed by atoms with Gasteiger partial charge in [0.25, 0.3) is 0 Å². The number of nitrogens with zero attached hydrogens (tertiary/aromatic N) is 5. The molecule has 2 heterocycles. The summed E-state index contributed by atoms with van der Waals surface area (Å²) in [5.41, 5.74) is 7.80. The van der Waals surface area contributed by atoms with Crippen molar-refractivity contribution in [2.45, 2.75) is 29.4 Å². The van der Waals surface area contributed by atoms with Gasteiger partial charge in [0.2, 0.25) is 0 Å². The minimum Gasteiger partial charge on any atom is -0.382 e. The van der Waals surface area contributed by atoms with Gasteiger partial charge >= 0.3 is 0 Å². The molecule has 3 rings (SSSR count). The summed E-state index contributed by atoms with van der Waals surface area (Å²) in [7, 11) is 0. The van der Waals surface area contributed by atoms with Crippen LogP contribution >= 0.6 is 27.7 Å². The molecule has 3 aromatic rings. The third-order valence-electron chi connectivity index (χ3n) is 3.50. The number of hydrogen-bond donors (Lipinski definition) is 1. The summed E-state index contributed by atoms with van der Waals surface area (Å²) in [5.74, 6) is 2.99. The molecular formula is C17H13BrN6S. The summed E-state index contributed by atoms with van der Waals surface area (Å²) in [6.45, 7) is 0.691. The number of imidazole rings is 1. The van der Waals surface area contributed by atoms with E-state index in [0.717, 1.165) is 20.9 Å². The Labute approximate surface area is 157 Å². The number of rotatable bonds is 5. The molecule has 6 nitrogen and oxygen atoms in total. The summed E-state index contributed by atoms with van der Waals surface area (Å²) >= 11 is 4.89. The predicted octanol–water partition coefficient (Wildman–Crippen LogP) is 3.61. The van der Waals surface area contributed by atoms with Crippen molar-refractivity contribution in [2.24, 2.45) is 0 Å². The highest BCUT2D eigenvalue weighted by Crippen LogP contribution is 2.33. The van der Waals surface area contributed by atoms with Crippen molar-refractivity contribution >= 4 is 44.7 Å². The highest BCUT2D eigenvalue weighted by Gasteiger charge is 2.16. The Bertz CT molecular complexity index is 1010. The van der Waals surface area contributed by atoms with Crippen LogP contribution in [0.4, 0.5) is 5.82 Å². The molecule has 0 aliphatic heterocycles. The molecule has 0 spiro atoms. The van der Waals surface area contributed by atoms with Crippen molar-refractivity contribution in [1.29, 1.82) is 5.26 Å². The number of nitriles is 1. The minimum absolute atomic E-state index is 0.351. The third kappa shape index (κ3) is 3.60. The fourth-order valence-electron chi connectivity index (χ4n) is 2.31. The fourth-order valence-corrected chi connectivity index (χ4v) is 3.88. The number of hydrogen-bond acceptors (Lipinski definition) is 6. The highest BCUT2D eigenvalue weighted by atomic mass is 79.9. The van der Waals surface area contributed by atoms with Crippen LogP contribution in [-0.4, -0.2) is 19.5 Å². The number of aryl methyl sites for hydroxylation is 1. The second-order valence-electron chi connectivity index (χ2n) is 5.14. The van der Waals surface area contributed by atoms with E-state index in [1.165, 1.54) is 18.1 Å². The molecule has 0 amide bonds. The zero-order valence-corrected chi connectivity index (χ0v) is 15.5. The molecular weight excluding hydrogens is 400 g/mol. The molecule has 0 bridgehead atoms. The van der Waals surface area contributed by atoms with Crippen molar-refractivity contribution < 1.29 is 0 Å². The number of nitrogens with two attached hydrogens (primary N) is 1. The second kappa shape index (κ2) is 7.56. The quantitative estimate of drug-likeness (QED) is 0.508. The van der Waals surface area contributed by atoms with E-state index < -0.39 is 0 Å². The van der Waals surface area contributed by atoms with Crippen molar-refractivity contribution in [2.75, 3.05) is 5.73 Å². The largest absolute Gasteiger partial charge is 0.382 e. The molecule has 0 saturated carbocycles. The zero-order chi connectivity index (χ0) is 17.8. The molecule has 0 atom stereocenters. The smallest absolute Gasteiger partial charge is 0.175 e. The van der Waals surface area contributed by atoms with Gasteiger partial charge < -0.3 is 10.3 Å². The molecule has 0 unspecified atom stereocenters. The van der Waals surface area contributed by atoms with Gasteiger partial charge in [0.15, 0.2) is 22.1 Å². The zero-order valence-electron chi connectivity index (χ0n) is 13.1. The molecule has 1 aromatic carbocycles. The maximum absolute atomic E-state index is 9.04. The van der Waals surface area contributed by atoms with Crippen LogP contribution in [0.5, 0.6) is 0 Å². The first-order valence-corrected chi connectivity index (χ1v) is 9.02. The molecule has 8 heteroatoms. The molecule has 25 heavy (non-hydrogen) atoms. The average molecular weight is 413 g/mol. The molecule has 0 aliphatic carbocycles. The van der Waals surface area contributed by atoms with E-state index in [-0.39, 0.29) is 0 Å². The fraction of sp³-hybridized carbons (Fsp3) is 0.176. The minimum atomic E-state index is 0.351. The van der Waals surface area contributed by atoms with E-state index in [2.05, 4.69) is 42.9 Å². The number of unbranched alkanes of at least 4 members (excludes halogenated alkanes) is 1. The van der Waals surface area contributed by atoms with Gasteiger partial charge in [-0.05, 0) is 40.5 Å². The number of fused-ring (bicyclic) bond motifs is 1. The first-order valence-electron chi connectivity index (χ1n) is 7.41. The van der Waals surface area contributed by atoms with Crippen LogP contribution in [0.15, 0.2) is 39.1 Å². The Morgan fingerprint density at radius 3 is 2.92 bits per heavy atom. The molecule has 0 fully saturated rings. The lowest BCUT2D eigenvalue weighted by atomic mass is 10.2. The normalized spacial score (nSPS) is 10.5. The van der Waals surface area contributed by atoms with Gasteiger partial charge in [-0.1, -0.05) is 11.8 Å². The monoisotopic (exact) mass is 412 g/mol. The van der Waals surface area contributed by atoms with Crippen LogP contribution in [0, 0.1) is 23.7 Å². The number of nitrogen functional groups attached to an aromatic ring is 1. The van der Waals surface area contributed by atoms with E-state index in [1.54, 1.807) is 6.07 Å². The summed E-state index contributed by atoms with van der Waals surface area (Å²) in [6.07, 6.45) is 8.28. The van der Waals surface area contributed by atoms with E-state index in [1.807, 2.05) is 16.7 Å². The molecule has 124 valence electrons. The standard InChI is InChI=1S/C17H13BrN6S/c1-2-3-4-7-24-16-14(15(20)21-10-22-16)23-17(24)25-12-6-5-11(9-19)13(18)8-12/h1,5-6,8,10H,3-4,7H2,(H2,20,21,22). The Balaban J connectivity index is 2.01. The number of aromatic nitrogens is 4. The van der Waals surface area contributed by atoms with E-state index in [4.69, 9.17) is 17.4 Å². The first-order chi connectivity index (χ1) is 12.1. The number of anilines is 1. The van der Waals surface area contributed by atoms with E-state index >= 15 is 0 Å². The van der Waals surface area contributed by atoms with Gasteiger partial charge in [0.1, 0.15) is 12.4 Å². The predicted molar refractivity (Wildman–Crippen MR) is 101 cm³/mol. The molecule has 0 saturated heterocycles. The van der Waals surface area contributed by atoms with Gasteiger partial charge in [-0.25, -0.2) is 15.0 Å².